The van der Waals surface area contributed by atoms with Crippen molar-refractivity contribution >= 4 is 11.8 Å². The molecule has 1 rings (SSSR count). The van der Waals surface area contributed by atoms with Crippen LogP contribution in [-0.4, -0.2) is 17.8 Å². The molecule has 5 heteroatoms. The lowest BCUT2D eigenvalue weighted by Gasteiger charge is -2.06. The largest absolute Gasteiger partial charge is 0.425 e. The Kier molecular flexibility index (Phi) is 3.41. The molecule has 5 nitrogen and oxygen atoms in total. The van der Waals surface area contributed by atoms with E-state index in [0.29, 0.717) is 11.3 Å². The van der Waals surface area contributed by atoms with E-state index in [1.54, 1.807) is 31.2 Å². The highest BCUT2D eigenvalue weighted by molar-refractivity contribution is 5.95. The molecule has 0 spiro atoms. The maximum atomic E-state index is 11.1. The number of rotatable bonds is 3. The lowest BCUT2D eigenvalue weighted by Crippen LogP contribution is -2.30. The predicted octanol–water partition coefficient (Wildman–Crippen LogP) is 0.223. The Balaban J connectivity index is 2.73. The van der Waals surface area contributed by atoms with Crippen molar-refractivity contribution < 1.29 is 9.53 Å². The van der Waals surface area contributed by atoms with Crippen LogP contribution in [0.4, 0.5) is 0 Å². The number of ether oxygens (including phenoxy) is 1. The SMILES string of the molecule is C[C@H](N)C(=O)Oc1ccc(C(=N)N)cc1. The minimum atomic E-state index is -0.655. The number of hydrogen-bond acceptors (Lipinski definition) is 4. The second kappa shape index (κ2) is 4.56. The molecule has 15 heavy (non-hydrogen) atoms. The van der Waals surface area contributed by atoms with Gasteiger partial charge in [0.05, 0.1) is 0 Å². The predicted molar refractivity (Wildman–Crippen MR) is 56.7 cm³/mol. The van der Waals surface area contributed by atoms with Crippen LogP contribution in [0.2, 0.25) is 0 Å². The lowest BCUT2D eigenvalue weighted by atomic mass is 10.2. The number of benzene rings is 1. The number of nitrogens with two attached hydrogens (primary N) is 2. The third-order valence-electron chi connectivity index (χ3n) is 1.76. The van der Waals surface area contributed by atoms with E-state index < -0.39 is 12.0 Å². The number of nitrogen functional groups attached to an aromatic ring is 1. The van der Waals surface area contributed by atoms with E-state index >= 15 is 0 Å². The van der Waals surface area contributed by atoms with E-state index in [0.717, 1.165) is 0 Å². The monoisotopic (exact) mass is 207 g/mol. The van der Waals surface area contributed by atoms with Crippen LogP contribution in [0.3, 0.4) is 0 Å². The summed E-state index contributed by atoms with van der Waals surface area (Å²) < 4.78 is 4.94. The van der Waals surface area contributed by atoms with Crippen molar-refractivity contribution in [2.24, 2.45) is 11.5 Å². The van der Waals surface area contributed by atoms with Crippen LogP contribution < -0.4 is 16.2 Å². The maximum absolute atomic E-state index is 11.1. The van der Waals surface area contributed by atoms with E-state index in [-0.39, 0.29) is 5.84 Å². The van der Waals surface area contributed by atoms with Gasteiger partial charge in [-0.3, -0.25) is 5.41 Å². The van der Waals surface area contributed by atoms with Gasteiger partial charge < -0.3 is 16.2 Å². The summed E-state index contributed by atoms with van der Waals surface area (Å²) in [6, 6.07) is 5.68. The summed E-state index contributed by atoms with van der Waals surface area (Å²) in [5.74, 6) is -0.132. The molecule has 1 atom stereocenters. The highest BCUT2D eigenvalue weighted by Crippen LogP contribution is 2.12. The van der Waals surface area contributed by atoms with Crippen molar-refractivity contribution in [1.82, 2.24) is 0 Å². The van der Waals surface area contributed by atoms with Gasteiger partial charge in [0, 0.05) is 5.56 Å². The molecule has 1 aromatic rings. The molecule has 0 unspecified atom stereocenters. The lowest BCUT2D eigenvalue weighted by molar-refractivity contribution is -0.135. The van der Waals surface area contributed by atoms with Crippen molar-refractivity contribution in [3.63, 3.8) is 0 Å². The minimum absolute atomic E-state index is 0.0277. The normalized spacial score (nSPS) is 11.9. The van der Waals surface area contributed by atoms with Crippen molar-refractivity contribution in [3.05, 3.63) is 29.8 Å². The van der Waals surface area contributed by atoms with Gasteiger partial charge in [0.1, 0.15) is 17.6 Å². The first kappa shape index (κ1) is 11.2. The molecule has 1 aromatic carbocycles. The maximum Gasteiger partial charge on any atom is 0.328 e. The molecule has 0 bridgehead atoms. The Morgan fingerprint density at radius 2 is 1.93 bits per heavy atom. The molecule has 0 amide bonds. The van der Waals surface area contributed by atoms with Crippen LogP contribution in [-0.2, 0) is 4.79 Å². The zero-order valence-electron chi connectivity index (χ0n) is 8.36. The Hall–Kier alpha value is -1.88. The number of carbonyl (C=O) groups is 1. The molecule has 0 aromatic heterocycles. The average Bonchev–Trinajstić information content (AvgIpc) is 2.18. The smallest absolute Gasteiger partial charge is 0.328 e. The fourth-order valence-corrected chi connectivity index (χ4v) is 0.912. The number of carbonyl (C=O) groups excluding carboxylic acids is 1. The van der Waals surface area contributed by atoms with Crippen molar-refractivity contribution in [1.29, 1.82) is 5.41 Å². The van der Waals surface area contributed by atoms with Gasteiger partial charge in [-0.15, -0.1) is 0 Å². The average molecular weight is 207 g/mol. The Morgan fingerprint density at radius 3 is 2.33 bits per heavy atom. The number of nitrogens with one attached hydrogen (secondary N) is 1. The Morgan fingerprint density at radius 1 is 1.40 bits per heavy atom. The zero-order chi connectivity index (χ0) is 11.4. The van der Waals surface area contributed by atoms with E-state index in [1.165, 1.54) is 0 Å². The summed E-state index contributed by atoms with van der Waals surface area (Å²) in [7, 11) is 0. The molecule has 0 heterocycles. The number of esters is 1. The third-order valence-corrected chi connectivity index (χ3v) is 1.76. The fourth-order valence-electron chi connectivity index (χ4n) is 0.912. The molecule has 0 aliphatic heterocycles. The van der Waals surface area contributed by atoms with E-state index in [4.69, 9.17) is 21.6 Å². The van der Waals surface area contributed by atoms with Crippen molar-refractivity contribution in [3.8, 4) is 5.75 Å². The molecule has 0 fully saturated rings. The van der Waals surface area contributed by atoms with Crippen LogP contribution in [0.5, 0.6) is 5.75 Å². The Bertz CT molecular complexity index is 371. The van der Waals surface area contributed by atoms with Gasteiger partial charge in [-0.25, -0.2) is 4.79 Å². The van der Waals surface area contributed by atoms with E-state index in [9.17, 15) is 4.79 Å². The van der Waals surface area contributed by atoms with Gasteiger partial charge in [0.2, 0.25) is 0 Å². The molecule has 80 valence electrons. The Labute approximate surface area is 87.5 Å². The highest BCUT2D eigenvalue weighted by Gasteiger charge is 2.09. The summed E-state index contributed by atoms with van der Waals surface area (Å²) in [6.07, 6.45) is 0. The van der Waals surface area contributed by atoms with Gasteiger partial charge in [-0.2, -0.15) is 0 Å². The molecular weight excluding hydrogens is 194 g/mol. The zero-order valence-corrected chi connectivity index (χ0v) is 8.36. The van der Waals surface area contributed by atoms with Gasteiger partial charge in [-0.1, -0.05) is 0 Å². The van der Waals surface area contributed by atoms with Crippen LogP contribution in [0.1, 0.15) is 12.5 Å². The summed E-state index contributed by atoms with van der Waals surface area (Å²) >= 11 is 0. The van der Waals surface area contributed by atoms with Crippen LogP contribution in [0.25, 0.3) is 0 Å². The van der Waals surface area contributed by atoms with Crippen LogP contribution in [0.15, 0.2) is 24.3 Å². The summed E-state index contributed by atoms with van der Waals surface area (Å²) in [5.41, 5.74) is 11.2. The highest BCUT2D eigenvalue weighted by atomic mass is 16.5. The number of hydrogen-bond donors (Lipinski definition) is 3. The van der Waals surface area contributed by atoms with Crippen molar-refractivity contribution in [2.45, 2.75) is 13.0 Å². The molecule has 0 saturated carbocycles. The minimum Gasteiger partial charge on any atom is -0.425 e. The second-order valence-corrected chi connectivity index (χ2v) is 3.15. The van der Waals surface area contributed by atoms with E-state index in [1.807, 2.05) is 0 Å². The third kappa shape index (κ3) is 3.07. The number of amidine groups is 1. The van der Waals surface area contributed by atoms with Crippen LogP contribution >= 0.6 is 0 Å². The first-order chi connectivity index (χ1) is 7.00. The van der Waals surface area contributed by atoms with Gasteiger partial charge >= 0.3 is 5.97 Å². The molecular formula is C10H13N3O2. The van der Waals surface area contributed by atoms with E-state index in [2.05, 4.69) is 0 Å². The molecule has 0 radical (unpaired) electrons. The quantitative estimate of drug-likeness (QED) is 0.285. The van der Waals surface area contributed by atoms with Gasteiger partial charge in [0.25, 0.3) is 0 Å². The topological polar surface area (TPSA) is 102 Å². The summed E-state index contributed by atoms with van der Waals surface area (Å²) in [6.45, 7) is 1.55. The molecule has 0 aliphatic carbocycles. The standard InChI is InChI=1S/C10H13N3O2/c1-6(11)10(14)15-8-4-2-7(3-5-8)9(12)13/h2-6H,11H2,1H3,(H3,12,13)/t6-/m0/s1. The molecule has 5 N–H and O–H groups in total. The first-order valence-corrected chi connectivity index (χ1v) is 4.42. The molecule has 0 aliphatic rings. The van der Waals surface area contributed by atoms with Crippen molar-refractivity contribution in [2.75, 3.05) is 0 Å². The van der Waals surface area contributed by atoms with Gasteiger partial charge in [-0.05, 0) is 31.2 Å². The first-order valence-electron chi connectivity index (χ1n) is 4.42. The molecule has 0 saturated heterocycles. The van der Waals surface area contributed by atoms with Crippen LogP contribution in [0, 0.1) is 5.41 Å². The summed E-state index contributed by atoms with van der Waals surface area (Å²) in [5, 5.41) is 7.17. The fraction of sp³-hybridized carbons (Fsp3) is 0.200. The van der Waals surface area contributed by atoms with Gasteiger partial charge in [0.15, 0.2) is 0 Å². The summed E-state index contributed by atoms with van der Waals surface area (Å²) in [4.78, 5) is 11.1. The second-order valence-electron chi connectivity index (χ2n) is 3.15.